The summed E-state index contributed by atoms with van der Waals surface area (Å²) in [6, 6.07) is 0.105. The number of alkyl carbamates (subject to hydrolysis) is 1. The van der Waals surface area contributed by atoms with Crippen LogP contribution in [-0.2, 0) is 9.53 Å². The van der Waals surface area contributed by atoms with E-state index in [2.05, 4.69) is 27.1 Å². The van der Waals surface area contributed by atoms with Crippen LogP contribution in [0.25, 0.3) is 0 Å². The molecule has 29 heavy (non-hydrogen) atoms. The van der Waals surface area contributed by atoms with E-state index in [1.165, 1.54) is 4.90 Å². The topological polar surface area (TPSA) is 86.3 Å². The van der Waals surface area contributed by atoms with Crippen LogP contribution in [0.4, 0.5) is 4.79 Å². The van der Waals surface area contributed by atoms with Crippen LogP contribution in [0, 0.1) is 11.8 Å². The van der Waals surface area contributed by atoms with E-state index in [-0.39, 0.29) is 48.6 Å². The Kier molecular flexibility index (Phi) is 9.70. The summed E-state index contributed by atoms with van der Waals surface area (Å²) >= 11 is 0. The zero-order valence-electron chi connectivity index (χ0n) is 18.2. The van der Waals surface area contributed by atoms with Crippen LogP contribution in [0.1, 0.15) is 33.6 Å². The van der Waals surface area contributed by atoms with Crippen molar-refractivity contribution in [3.63, 3.8) is 0 Å². The molecule has 1 aliphatic carbocycles. The Bertz CT molecular complexity index is 618. The Balaban J connectivity index is 0.00000420. The summed E-state index contributed by atoms with van der Waals surface area (Å²) in [5.41, 5.74) is -0.503. The van der Waals surface area contributed by atoms with E-state index in [1.807, 2.05) is 20.8 Å². The van der Waals surface area contributed by atoms with Gasteiger partial charge in [0.05, 0.1) is 0 Å². The van der Waals surface area contributed by atoms with Crippen molar-refractivity contribution in [1.29, 1.82) is 0 Å². The molecular formula is C20H36IN5O3. The molecule has 0 aromatic carbocycles. The highest BCUT2D eigenvalue weighted by atomic mass is 127. The summed E-state index contributed by atoms with van der Waals surface area (Å²) in [5.74, 6) is 1.54. The molecule has 0 bridgehead atoms. The van der Waals surface area contributed by atoms with Gasteiger partial charge in [-0.2, -0.15) is 0 Å². The number of aliphatic imine (C=N–C) groups is 1. The number of ether oxygens (including phenoxy) is 1. The van der Waals surface area contributed by atoms with E-state index >= 15 is 0 Å². The Labute approximate surface area is 191 Å². The monoisotopic (exact) mass is 521 g/mol. The molecule has 2 aliphatic rings. The second-order valence-corrected chi connectivity index (χ2v) is 8.76. The molecule has 1 heterocycles. The molecular weight excluding hydrogens is 485 g/mol. The second-order valence-electron chi connectivity index (χ2n) is 8.76. The van der Waals surface area contributed by atoms with Gasteiger partial charge in [0, 0.05) is 45.7 Å². The number of likely N-dealkylation sites (N-methyl/N-ethyl adjacent to an activating group) is 1. The number of guanidine groups is 1. The minimum absolute atomic E-state index is 0. The fourth-order valence-corrected chi connectivity index (χ4v) is 3.79. The van der Waals surface area contributed by atoms with Crippen molar-refractivity contribution in [1.82, 2.24) is 20.4 Å². The lowest BCUT2D eigenvalue weighted by atomic mass is 9.98. The first kappa shape index (κ1) is 25.5. The van der Waals surface area contributed by atoms with Gasteiger partial charge in [-0.3, -0.25) is 4.79 Å². The van der Waals surface area contributed by atoms with Crippen molar-refractivity contribution < 1.29 is 14.3 Å². The van der Waals surface area contributed by atoms with Gasteiger partial charge in [0.1, 0.15) is 12.1 Å². The largest absolute Gasteiger partial charge is 0.444 e. The molecule has 2 fully saturated rings. The third-order valence-electron chi connectivity index (χ3n) is 5.13. The van der Waals surface area contributed by atoms with Crippen LogP contribution in [0.15, 0.2) is 17.6 Å². The summed E-state index contributed by atoms with van der Waals surface area (Å²) in [6.07, 6.45) is 3.44. The molecule has 0 aromatic heterocycles. The number of carbonyl (C=O) groups is 2. The van der Waals surface area contributed by atoms with Crippen molar-refractivity contribution in [2.45, 2.75) is 45.3 Å². The van der Waals surface area contributed by atoms with Gasteiger partial charge < -0.3 is 25.2 Å². The summed E-state index contributed by atoms with van der Waals surface area (Å²) in [7, 11) is 3.45. The molecule has 3 atom stereocenters. The Morgan fingerprint density at radius 2 is 1.97 bits per heavy atom. The standard InChI is InChI=1S/C20H35N5O3.HI/c1-7-10-21-18(22-11-17(26)24(5)6)25-12-14-8-9-16(15(14)13-25)23-19(27)28-20(2,3)4;/h7,14-16H,1,8-13H2,2-6H3,(H,21,22)(H,23,27);1H. The van der Waals surface area contributed by atoms with Crippen LogP contribution in [0.5, 0.6) is 0 Å². The lowest BCUT2D eigenvalue weighted by Crippen LogP contribution is -2.44. The molecule has 0 aromatic rings. The number of hydrogen-bond donors (Lipinski definition) is 2. The highest BCUT2D eigenvalue weighted by Crippen LogP contribution is 2.38. The first-order chi connectivity index (χ1) is 13.1. The fraction of sp³-hybridized carbons (Fsp3) is 0.750. The van der Waals surface area contributed by atoms with E-state index in [4.69, 9.17) is 4.74 Å². The highest BCUT2D eigenvalue weighted by molar-refractivity contribution is 14.0. The maximum atomic E-state index is 12.2. The predicted molar refractivity (Wildman–Crippen MR) is 126 cm³/mol. The van der Waals surface area contributed by atoms with Crippen molar-refractivity contribution in [2.75, 3.05) is 40.3 Å². The SMILES string of the molecule is C=CCNC(=NCC(=O)N(C)C)N1CC2CCC(NC(=O)OC(C)(C)C)C2C1.I. The zero-order valence-corrected chi connectivity index (χ0v) is 20.6. The van der Waals surface area contributed by atoms with E-state index < -0.39 is 5.60 Å². The van der Waals surface area contributed by atoms with Crippen molar-refractivity contribution in [3.05, 3.63) is 12.7 Å². The second kappa shape index (κ2) is 11.0. The van der Waals surface area contributed by atoms with Gasteiger partial charge in [-0.15, -0.1) is 30.6 Å². The van der Waals surface area contributed by atoms with Gasteiger partial charge in [-0.05, 0) is 39.5 Å². The molecule has 166 valence electrons. The minimum atomic E-state index is -0.503. The highest BCUT2D eigenvalue weighted by Gasteiger charge is 2.44. The first-order valence-electron chi connectivity index (χ1n) is 9.94. The van der Waals surface area contributed by atoms with Gasteiger partial charge in [-0.1, -0.05) is 6.08 Å². The van der Waals surface area contributed by atoms with Crippen LogP contribution < -0.4 is 10.6 Å². The Hall–Kier alpha value is -1.52. The molecule has 1 saturated carbocycles. The van der Waals surface area contributed by atoms with Gasteiger partial charge in [0.15, 0.2) is 5.96 Å². The number of likely N-dealkylation sites (tertiary alicyclic amines) is 1. The molecule has 2 amide bonds. The summed E-state index contributed by atoms with van der Waals surface area (Å²) in [5, 5.41) is 6.31. The fourth-order valence-electron chi connectivity index (χ4n) is 3.79. The van der Waals surface area contributed by atoms with Gasteiger partial charge >= 0.3 is 6.09 Å². The normalized spacial score (nSPS) is 23.7. The van der Waals surface area contributed by atoms with Crippen LogP contribution >= 0.6 is 24.0 Å². The van der Waals surface area contributed by atoms with Crippen molar-refractivity contribution in [2.24, 2.45) is 16.8 Å². The van der Waals surface area contributed by atoms with Gasteiger partial charge in [0.25, 0.3) is 0 Å². The third-order valence-corrected chi connectivity index (χ3v) is 5.13. The average Bonchev–Trinajstić information content (AvgIpc) is 3.15. The molecule has 8 nitrogen and oxygen atoms in total. The van der Waals surface area contributed by atoms with Crippen LogP contribution in [0.2, 0.25) is 0 Å². The molecule has 1 aliphatic heterocycles. The maximum Gasteiger partial charge on any atom is 0.407 e. The van der Waals surface area contributed by atoms with Gasteiger partial charge in [0.2, 0.25) is 5.91 Å². The number of nitrogens with one attached hydrogen (secondary N) is 2. The zero-order chi connectivity index (χ0) is 20.9. The predicted octanol–water partition coefficient (Wildman–Crippen LogP) is 2.06. The molecule has 0 spiro atoms. The molecule has 2 N–H and O–H groups in total. The summed E-state index contributed by atoms with van der Waals surface area (Å²) < 4.78 is 5.41. The summed E-state index contributed by atoms with van der Waals surface area (Å²) in [4.78, 5) is 32.3. The Morgan fingerprint density at radius 3 is 2.55 bits per heavy atom. The van der Waals surface area contributed by atoms with E-state index in [9.17, 15) is 9.59 Å². The van der Waals surface area contributed by atoms with Gasteiger partial charge in [-0.25, -0.2) is 9.79 Å². The number of halogens is 1. The van der Waals surface area contributed by atoms with Crippen molar-refractivity contribution in [3.8, 4) is 0 Å². The minimum Gasteiger partial charge on any atom is -0.444 e. The van der Waals surface area contributed by atoms with E-state index in [0.717, 1.165) is 31.9 Å². The Morgan fingerprint density at radius 1 is 1.28 bits per heavy atom. The number of carbonyl (C=O) groups excluding carboxylic acids is 2. The molecule has 3 unspecified atom stereocenters. The van der Waals surface area contributed by atoms with E-state index in [0.29, 0.717) is 18.4 Å². The lowest BCUT2D eigenvalue weighted by molar-refractivity contribution is -0.127. The van der Waals surface area contributed by atoms with Crippen molar-refractivity contribution >= 4 is 41.9 Å². The lowest BCUT2D eigenvalue weighted by Gasteiger charge is -2.26. The average molecular weight is 521 g/mol. The third kappa shape index (κ3) is 7.67. The molecule has 1 saturated heterocycles. The molecule has 9 heteroatoms. The number of rotatable bonds is 5. The van der Waals surface area contributed by atoms with Crippen LogP contribution in [0.3, 0.4) is 0 Å². The number of nitrogens with zero attached hydrogens (tertiary/aromatic N) is 3. The summed E-state index contributed by atoms with van der Waals surface area (Å²) in [6.45, 7) is 11.7. The number of amides is 2. The number of fused-ring (bicyclic) bond motifs is 1. The smallest absolute Gasteiger partial charge is 0.407 e. The van der Waals surface area contributed by atoms with Crippen LogP contribution in [-0.4, -0.2) is 79.7 Å². The molecule has 2 rings (SSSR count). The molecule has 0 radical (unpaired) electrons. The number of hydrogen-bond acceptors (Lipinski definition) is 4. The van der Waals surface area contributed by atoms with E-state index in [1.54, 1.807) is 20.2 Å². The first-order valence-corrected chi connectivity index (χ1v) is 9.94. The quantitative estimate of drug-likeness (QED) is 0.251. The maximum absolute atomic E-state index is 12.2.